The van der Waals surface area contributed by atoms with Crippen molar-refractivity contribution in [2.45, 2.75) is 18.9 Å². The van der Waals surface area contributed by atoms with Crippen LogP contribution in [0.1, 0.15) is 24.4 Å². The highest BCUT2D eigenvalue weighted by molar-refractivity contribution is 7.13. The van der Waals surface area contributed by atoms with E-state index in [1.807, 2.05) is 40.6 Å². The molecule has 1 aliphatic heterocycles. The van der Waals surface area contributed by atoms with Gasteiger partial charge >= 0.3 is 0 Å². The van der Waals surface area contributed by atoms with Crippen molar-refractivity contribution in [3.8, 4) is 0 Å². The number of benzene rings is 1. The second-order valence-electron chi connectivity index (χ2n) is 5.88. The van der Waals surface area contributed by atoms with Crippen molar-refractivity contribution >= 4 is 28.3 Å². The Bertz CT molecular complexity index is 690. The first-order valence-electron chi connectivity index (χ1n) is 7.94. The third-order valence-electron chi connectivity index (χ3n) is 4.24. The van der Waals surface area contributed by atoms with E-state index < -0.39 is 6.04 Å². The number of amides is 2. The zero-order valence-corrected chi connectivity index (χ0v) is 14.0. The molecule has 2 heterocycles. The maximum absolute atomic E-state index is 12.5. The van der Waals surface area contributed by atoms with Gasteiger partial charge in [0, 0.05) is 18.1 Å². The number of carbonyl (C=O) groups excluding carboxylic acids is 2. The summed E-state index contributed by atoms with van der Waals surface area (Å²) in [5, 5.41) is 5.27. The molecule has 0 saturated carbocycles. The number of likely N-dealkylation sites (tertiary alicyclic amines) is 1. The van der Waals surface area contributed by atoms with E-state index in [1.165, 1.54) is 11.3 Å². The van der Waals surface area contributed by atoms with Gasteiger partial charge < -0.3 is 11.1 Å². The Balaban J connectivity index is 1.71. The van der Waals surface area contributed by atoms with Crippen LogP contribution < -0.4 is 11.1 Å². The molecule has 1 aromatic carbocycles. The Labute approximate surface area is 144 Å². The van der Waals surface area contributed by atoms with Crippen molar-refractivity contribution in [2.24, 2.45) is 11.7 Å². The van der Waals surface area contributed by atoms with Crippen LogP contribution in [0.2, 0.25) is 0 Å². The van der Waals surface area contributed by atoms with Crippen LogP contribution >= 0.6 is 11.3 Å². The van der Waals surface area contributed by atoms with Crippen LogP contribution in [-0.2, 0) is 9.59 Å². The van der Waals surface area contributed by atoms with Gasteiger partial charge in [-0.3, -0.25) is 14.5 Å². The maximum Gasteiger partial charge on any atom is 0.239 e. The average molecular weight is 344 g/mol. The van der Waals surface area contributed by atoms with Gasteiger partial charge in [0.1, 0.15) is 6.04 Å². The van der Waals surface area contributed by atoms with Crippen LogP contribution in [0.5, 0.6) is 0 Å². The summed E-state index contributed by atoms with van der Waals surface area (Å²) < 4.78 is 0. The highest BCUT2D eigenvalue weighted by Gasteiger charge is 2.33. The molecule has 2 atom stereocenters. The number of carbonyl (C=O) groups is 2. The average Bonchev–Trinajstić information content (AvgIpc) is 3.09. The molecule has 3 N–H and O–H groups in total. The maximum atomic E-state index is 12.5. The molecule has 0 radical (unpaired) electrons. The summed E-state index contributed by atoms with van der Waals surface area (Å²) in [6, 6.07) is 8.98. The van der Waals surface area contributed by atoms with Gasteiger partial charge in [0.05, 0.1) is 5.92 Å². The van der Waals surface area contributed by atoms with Crippen LogP contribution in [0.25, 0.3) is 0 Å². The van der Waals surface area contributed by atoms with Crippen molar-refractivity contribution in [3.05, 3.63) is 47.5 Å². The minimum Gasteiger partial charge on any atom is -0.368 e. The van der Waals surface area contributed by atoms with Gasteiger partial charge in [-0.2, -0.15) is 0 Å². The van der Waals surface area contributed by atoms with E-state index >= 15 is 0 Å². The quantitative estimate of drug-likeness (QED) is 0.868. The minimum absolute atomic E-state index is 0.0501. The number of nitrogens with one attached hydrogen (secondary N) is 1. The molecule has 0 bridgehead atoms. The number of piperidine rings is 1. The van der Waals surface area contributed by atoms with Crippen molar-refractivity contribution in [2.75, 3.05) is 18.4 Å². The number of nitrogens with two attached hydrogens (primary N) is 1. The van der Waals surface area contributed by atoms with Crippen LogP contribution in [0, 0.1) is 5.92 Å². The molecule has 1 aromatic heterocycles. The number of rotatable bonds is 5. The predicted octanol–water partition coefficient (Wildman–Crippen LogP) is 2.02. The Morgan fingerprint density at radius 3 is 2.79 bits per heavy atom. The van der Waals surface area contributed by atoms with Crippen molar-refractivity contribution in [1.29, 1.82) is 0 Å². The summed E-state index contributed by atoms with van der Waals surface area (Å²) in [6.07, 6.45) is 3.31. The molecule has 6 nitrogen and oxygen atoms in total. The topological polar surface area (TPSA) is 88.3 Å². The third kappa shape index (κ3) is 3.80. The molecule has 1 fully saturated rings. The summed E-state index contributed by atoms with van der Waals surface area (Å²) in [7, 11) is 0. The van der Waals surface area contributed by atoms with E-state index in [0.29, 0.717) is 11.7 Å². The Kier molecular flexibility index (Phi) is 5.22. The summed E-state index contributed by atoms with van der Waals surface area (Å²) in [4.78, 5) is 30.5. The first-order chi connectivity index (χ1) is 11.6. The van der Waals surface area contributed by atoms with E-state index in [0.717, 1.165) is 24.9 Å². The normalized spacial score (nSPS) is 19.6. The monoisotopic (exact) mass is 344 g/mol. The number of thiazole rings is 1. The highest BCUT2D eigenvalue weighted by Crippen LogP contribution is 2.27. The van der Waals surface area contributed by atoms with E-state index in [1.54, 1.807) is 6.20 Å². The molecule has 0 spiro atoms. The zero-order chi connectivity index (χ0) is 16.9. The number of primary amides is 1. The Morgan fingerprint density at radius 1 is 1.33 bits per heavy atom. The van der Waals surface area contributed by atoms with Gasteiger partial charge in [0.2, 0.25) is 11.8 Å². The minimum atomic E-state index is -0.498. The zero-order valence-electron chi connectivity index (χ0n) is 13.2. The second kappa shape index (κ2) is 7.55. The summed E-state index contributed by atoms with van der Waals surface area (Å²) >= 11 is 1.39. The lowest BCUT2D eigenvalue weighted by Crippen LogP contribution is -2.46. The van der Waals surface area contributed by atoms with Crippen molar-refractivity contribution in [1.82, 2.24) is 9.88 Å². The van der Waals surface area contributed by atoms with Crippen molar-refractivity contribution in [3.63, 3.8) is 0 Å². The lowest BCUT2D eigenvalue weighted by Gasteiger charge is -2.36. The Morgan fingerprint density at radius 2 is 2.12 bits per heavy atom. The van der Waals surface area contributed by atoms with Crippen LogP contribution in [0.3, 0.4) is 0 Å². The largest absolute Gasteiger partial charge is 0.368 e. The summed E-state index contributed by atoms with van der Waals surface area (Å²) in [5.41, 5.74) is 6.51. The number of hydrogen-bond acceptors (Lipinski definition) is 5. The second-order valence-corrected chi connectivity index (χ2v) is 6.77. The first kappa shape index (κ1) is 16.6. The standard InChI is InChI=1S/C17H20N4O2S/c18-15(22)14(12-5-2-1-3-6-12)21-9-4-7-13(11-21)16(23)20-17-19-8-10-24-17/h1-3,5-6,8,10,13-14H,4,7,9,11H2,(H2,18,22)(H,19,20,23). The molecule has 1 aliphatic rings. The van der Waals surface area contributed by atoms with Crippen LogP contribution in [0.4, 0.5) is 5.13 Å². The van der Waals surface area contributed by atoms with Crippen LogP contribution in [-0.4, -0.2) is 34.8 Å². The van der Waals surface area contributed by atoms with E-state index in [2.05, 4.69) is 10.3 Å². The predicted molar refractivity (Wildman–Crippen MR) is 93.4 cm³/mol. The number of nitrogens with zero attached hydrogens (tertiary/aromatic N) is 2. The first-order valence-corrected chi connectivity index (χ1v) is 8.82. The van der Waals surface area contributed by atoms with Crippen molar-refractivity contribution < 1.29 is 9.59 Å². The molecule has 0 aliphatic carbocycles. The number of aromatic nitrogens is 1. The van der Waals surface area contributed by atoms with Gasteiger partial charge in [-0.1, -0.05) is 30.3 Å². The lowest BCUT2D eigenvalue weighted by molar-refractivity contribution is -0.127. The molecule has 126 valence electrons. The van der Waals surface area contributed by atoms with Gasteiger partial charge in [-0.15, -0.1) is 11.3 Å². The fourth-order valence-corrected chi connectivity index (χ4v) is 3.67. The Hall–Kier alpha value is -2.25. The van der Waals surface area contributed by atoms with E-state index in [9.17, 15) is 9.59 Å². The molecule has 2 amide bonds. The molecular formula is C17H20N4O2S. The van der Waals surface area contributed by atoms with E-state index in [-0.39, 0.29) is 17.7 Å². The molecule has 24 heavy (non-hydrogen) atoms. The molecule has 1 saturated heterocycles. The molecule has 7 heteroatoms. The summed E-state index contributed by atoms with van der Waals surface area (Å²) in [5.74, 6) is -0.610. The molecule has 2 unspecified atom stereocenters. The third-order valence-corrected chi connectivity index (χ3v) is 4.92. The molecular weight excluding hydrogens is 324 g/mol. The van der Waals surface area contributed by atoms with Gasteiger partial charge in [-0.05, 0) is 24.9 Å². The van der Waals surface area contributed by atoms with Gasteiger partial charge in [0.15, 0.2) is 5.13 Å². The number of hydrogen-bond donors (Lipinski definition) is 2. The fraction of sp³-hybridized carbons (Fsp3) is 0.353. The lowest BCUT2D eigenvalue weighted by atomic mass is 9.94. The van der Waals surface area contributed by atoms with E-state index in [4.69, 9.17) is 5.73 Å². The molecule has 2 aromatic rings. The SMILES string of the molecule is NC(=O)C(c1ccccc1)N1CCCC(C(=O)Nc2nccs2)C1. The summed E-state index contributed by atoms with van der Waals surface area (Å²) in [6.45, 7) is 1.27. The van der Waals surface area contributed by atoms with Gasteiger partial charge in [-0.25, -0.2) is 4.98 Å². The highest BCUT2D eigenvalue weighted by atomic mass is 32.1. The number of anilines is 1. The smallest absolute Gasteiger partial charge is 0.239 e. The van der Waals surface area contributed by atoms with Gasteiger partial charge in [0.25, 0.3) is 0 Å². The fourth-order valence-electron chi connectivity index (χ4n) is 3.14. The van der Waals surface area contributed by atoms with Crippen LogP contribution in [0.15, 0.2) is 41.9 Å². The molecule has 3 rings (SSSR count).